The summed E-state index contributed by atoms with van der Waals surface area (Å²) in [6, 6.07) is 15.6. The third-order valence-corrected chi connectivity index (χ3v) is 5.35. The van der Waals surface area contributed by atoms with Crippen LogP contribution in [0.3, 0.4) is 0 Å². The molecule has 0 spiro atoms. The summed E-state index contributed by atoms with van der Waals surface area (Å²) in [5.74, 6) is 2.79. The van der Waals surface area contributed by atoms with Crippen molar-refractivity contribution in [2.75, 3.05) is 12.4 Å². The lowest BCUT2D eigenvalue weighted by molar-refractivity contribution is -0.116. The van der Waals surface area contributed by atoms with E-state index in [0.717, 1.165) is 47.2 Å². The summed E-state index contributed by atoms with van der Waals surface area (Å²) < 4.78 is 7.58. The molecule has 0 fully saturated rings. The summed E-state index contributed by atoms with van der Waals surface area (Å²) in [7, 11) is 1.65. The minimum absolute atomic E-state index is 0.0139. The van der Waals surface area contributed by atoms with Gasteiger partial charge in [0.15, 0.2) is 5.82 Å². The van der Waals surface area contributed by atoms with Gasteiger partial charge >= 0.3 is 0 Å². The van der Waals surface area contributed by atoms with Crippen LogP contribution in [0.5, 0.6) is 5.75 Å². The number of benzene rings is 2. The van der Waals surface area contributed by atoms with Gasteiger partial charge in [0.05, 0.1) is 7.11 Å². The maximum absolute atomic E-state index is 12.4. The number of rotatable bonds is 6. The number of carbonyl (C=O) groups is 1. The smallest absolute Gasteiger partial charge is 0.224 e. The van der Waals surface area contributed by atoms with E-state index in [1.54, 1.807) is 7.11 Å². The van der Waals surface area contributed by atoms with Gasteiger partial charge in [-0.05, 0) is 55.2 Å². The van der Waals surface area contributed by atoms with Crippen LogP contribution in [0.2, 0.25) is 0 Å². The second-order valence-corrected chi connectivity index (χ2v) is 7.34. The number of hydrogen-bond acceptors (Lipinski definition) is 4. The molecule has 3 aromatic rings. The Morgan fingerprint density at radius 3 is 2.72 bits per heavy atom. The molecule has 0 saturated carbocycles. The molecular formula is C23H26N4O2. The zero-order valence-electron chi connectivity index (χ0n) is 16.7. The van der Waals surface area contributed by atoms with Gasteiger partial charge in [0.1, 0.15) is 11.6 Å². The summed E-state index contributed by atoms with van der Waals surface area (Å²) in [6.45, 7) is 0.971. The number of aromatic nitrogens is 3. The molecule has 2 aromatic carbocycles. The number of carbonyl (C=O) groups excluding carboxylic acids is 1. The molecule has 2 heterocycles. The Morgan fingerprint density at radius 2 is 1.90 bits per heavy atom. The molecule has 0 unspecified atom stereocenters. The first-order valence-electron chi connectivity index (χ1n) is 10.2. The second-order valence-electron chi connectivity index (χ2n) is 7.34. The standard InChI is InChI=1S/C23H26N4O2/c1-29-20-8-5-4-7-17(20)12-15-22(28)24-19-13-10-18(11-14-19)23-26-25-21-9-3-2-6-16-27(21)23/h4-5,7-8,10-11,13-14H,2-3,6,9,12,15-16H2,1H3,(H,24,28). The summed E-state index contributed by atoms with van der Waals surface area (Å²) in [5.41, 5.74) is 2.85. The minimum atomic E-state index is -0.0139. The predicted octanol–water partition coefficient (Wildman–Crippen LogP) is 4.25. The highest BCUT2D eigenvalue weighted by molar-refractivity contribution is 5.91. The third-order valence-electron chi connectivity index (χ3n) is 5.35. The first-order valence-corrected chi connectivity index (χ1v) is 10.2. The number of ether oxygens (including phenoxy) is 1. The van der Waals surface area contributed by atoms with Crippen molar-refractivity contribution in [1.29, 1.82) is 0 Å². The van der Waals surface area contributed by atoms with Gasteiger partial charge in [-0.1, -0.05) is 24.6 Å². The molecule has 0 atom stereocenters. The first-order chi connectivity index (χ1) is 14.2. The normalized spacial score (nSPS) is 13.4. The molecule has 0 radical (unpaired) electrons. The van der Waals surface area contributed by atoms with E-state index in [4.69, 9.17) is 4.74 Å². The zero-order valence-corrected chi connectivity index (χ0v) is 16.7. The number of hydrogen-bond donors (Lipinski definition) is 1. The largest absolute Gasteiger partial charge is 0.496 e. The molecule has 6 nitrogen and oxygen atoms in total. The summed E-state index contributed by atoms with van der Waals surface area (Å²) in [5, 5.41) is 11.7. The molecule has 1 N–H and O–H groups in total. The first kappa shape index (κ1) is 19.2. The monoisotopic (exact) mass is 390 g/mol. The quantitative estimate of drug-likeness (QED) is 0.683. The number of aryl methyl sites for hydroxylation is 2. The van der Waals surface area contributed by atoms with Crippen LogP contribution < -0.4 is 10.1 Å². The second kappa shape index (κ2) is 8.90. The number of nitrogens with one attached hydrogen (secondary N) is 1. The predicted molar refractivity (Wildman–Crippen MR) is 113 cm³/mol. The number of amides is 1. The van der Waals surface area contributed by atoms with Gasteiger partial charge in [0.2, 0.25) is 5.91 Å². The van der Waals surface area contributed by atoms with Crippen LogP contribution in [0, 0.1) is 0 Å². The van der Waals surface area contributed by atoms with Crippen molar-refractivity contribution in [2.24, 2.45) is 0 Å². The van der Waals surface area contributed by atoms with E-state index in [2.05, 4.69) is 20.1 Å². The molecule has 0 saturated heterocycles. The average Bonchev–Trinajstić information content (AvgIpc) is 3.01. The highest BCUT2D eigenvalue weighted by Gasteiger charge is 2.16. The Labute approximate surface area is 170 Å². The van der Waals surface area contributed by atoms with Gasteiger partial charge in [-0.15, -0.1) is 10.2 Å². The van der Waals surface area contributed by atoms with Crippen LogP contribution in [0.25, 0.3) is 11.4 Å². The molecular weight excluding hydrogens is 364 g/mol. The van der Waals surface area contributed by atoms with Crippen molar-refractivity contribution in [3.63, 3.8) is 0 Å². The SMILES string of the molecule is COc1ccccc1CCC(=O)Nc1ccc(-c2nnc3n2CCCCC3)cc1. The fraction of sp³-hybridized carbons (Fsp3) is 0.348. The fourth-order valence-electron chi connectivity index (χ4n) is 3.78. The molecule has 150 valence electrons. The zero-order chi connectivity index (χ0) is 20.1. The van der Waals surface area contributed by atoms with Crippen LogP contribution in [0.15, 0.2) is 48.5 Å². The number of para-hydroxylation sites is 1. The van der Waals surface area contributed by atoms with Crippen molar-refractivity contribution < 1.29 is 9.53 Å². The van der Waals surface area contributed by atoms with Gasteiger partial charge in [-0.2, -0.15) is 0 Å². The maximum Gasteiger partial charge on any atom is 0.224 e. The molecule has 1 aromatic heterocycles. The van der Waals surface area contributed by atoms with E-state index < -0.39 is 0 Å². The number of anilines is 1. The van der Waals surface area contributed by atoms with E-state index in [9.17, 15) is 4.79 Å². The molecule has 4 rings (SSSR count). The summed E-state index contributed by atoms with van der Waals surface area (Å²) in [4.78, 5) is 12.4. The number of nitrogens with zero attached hydrogens (tertiary/aromatic N) is 3. The van der Waals surface area contributed by atoms with E-state index in [-0.39, 0.29) is 5.91 Å². The Hall–Kier alpha value is -3.15. The van der Waals surface area contributed by atoms with Crippen molar-refractivity contribution in [3.8, 4) is 17.1 Å². The van der Waals surface area contributed by atoms with Gasteiger partial charge in [-0.25, -0.2) is 0 Å². The average molecular weight is 390 g/mol. The van der Waals surface area contributed by atoms with E-state index in [1.807, 2.05) is 48.5 Å². The van der Waals surface area contributed by atoms with Crippen LogP contribution in [0.4, 0.5) is 5.69 Å². The highest BCUT2D eigenvalue weighted by atomic mass is 16.5. The lowest BCUT2D eigenvalue weighted by Gasteiger charge is -2.10. The van der Waals surface area contributed by atoms with Crippen LogP contribution in [-0.4, -0.2) is 27.8 Å². The van der Waals surface area contributed by atoms with Crippen LogP contribution in [0.1, 0.15) is 37.1 Å². The topological polar surface area (TPSA) is 69.0 Å². The third kappa shape index (κ3) is 4.47. The van der Waals surface area contributed by atoms with E-state index >= 15 is 0 Å². The summed E-state index contributed by atoms with van der Waals surface area (Å²) >= 11 is 0. The molecule has 6 heteroatoms. The van der Waals surface area contributed by atoms with Crippen LogP contribution >= 0.6 is 0 Å². The Morgan fingerprint density at radius 1 is 1.07 bits per heavy atom. The lowest BCUT2D eigenvalue weighted by Crippen LogP contribution is -2.12. The molecule has 1 amide bonds. The molecule has 1 aliphatic heterocycles. The van der Waals surface area contributed by atoms with Gasteiger partial charge in [-0.3, -0.25) is 4.79 Å². The van der Waals surface area contributed by atoms with E-state index in [1.165, 1.54) is 19.3 Å². The Bertz CT molecular complexity index is 979. The van der Waals surface area contributed by atoms with Gasteiger partial charge < -0.3 is 14.6 Å². The lowest BCUT2D eigenvalue weighted by atomic mass is 10.1. The minimum Gasteiger partial charge on any atom is -0.496 e. The van der Waals surface area contributed by atoms with Crippen molar-refractivity contribution >= 4 is 11.6 Å². The number of fused-ring (bicyclic) bond motifs is 1. The van der Waals surface area contributed by atoms with Crippen molar-refractivity contribution in [1.82, 2.24) is 14.8 Å². The summed E-state index contributed by atoms with van der Waals surface area (Å²) in [6.07, 6.45) is 5.62. The Balaban J connectivity index is 1.38. The van der Waals surface area contributed by atoms with Gasteiger partial charge in [0.25, 0.3) is 0 Å². The fourth-order valence-corrected chi connectivity index (χ4v) is 3.78. The molecule has 0 bridgehead atoms. The maximum atomic E-state index is 12.4. The highest BCUT2D eigenvalue weighted by Crippen LogP contribution is 2.24. The van der Waals surface area contributed by atoms with E-state index in [0.29, 0.717) is 12.8 Å². The van der Waals surface area contributed by atoms with Gasteiger partial charge in [0, 0.05) is 30.6 Å². The molecule has 1 aliphatic rings. The van der Waals surface area contributed by atoms with Crippen molar-refractivity contribution in [2.45, 2.75) is 45.1 Å². The number of methoxy groups -OCH3 is 1. The van der Waals surface area contributed by atoms with Crippen LogP contribution in [-0.2, 0) is 24.2 Å². The Kier molecular flexibility index (Phi) is 5.89. The molecule has 29 heavy (non-hydrogen) atoms. The molecule has 0 aliphatic carbocycles. The van der Waals surface area contributed by atoms with Crippen molar-refractivity contribution in [3.05, 3.63) is 59.9 Å².